The van der Waals surface area contributed by atoms with Crippen LogP contribution in [0.25, 0.3) is 0 Å². The molecule has 0 aliphatic rings. The molecule has 0 aliphatic carbocycles. The molecule has 0 spiro atoms. The highest BCUT2D eigenvalue weighted by Gasteiger charge is 2.07. The summed E-state index contributed by atoms with van der Waals surface area (Å²) in [5, 5.41) is 3.39. The fraction of sp³-hybridized carbons (Fsp3) is 0.400. The lowest BCUT2D eigenvalue weighted by molar-refractivity contribution is 0.398. The van der Waals surface area contributed by atoms with Crippen molar-refractivity contribution >= 4 is 5.69 Å². The van der Waals surface area contributed by atoms with E-state index < -0.39 is 0 Å². The summed E-state index contributed by atoms with van der Waals surface area (Å²) in [6.45, 7) is 8.31. The first-order valence-corrected chi connectivity index (χ1v) is 6.55. The topological polar surface area (TPSA) is 39.1 Å². The molecule has 0 radical (unpaired) electrons. The maximum Gasteiger partial charge on any atom is 0.213 e. The summed E-state index contributed by atoms with van der Waals surface area (Å²) >= 11 is 0. The second-order valence-electron chi connectivity index (χ2n) is 4.58. The summed E-state index contributed by atoms with van der Waals surface area (Å²) in [5.41, 5.74) is 4.97. The second-order valence-corrected chi connectivity index (χ2v) is 4.58. The standard InChI is InChI=1S/C15H21N3O/c1-5-18-11(2)8-13(12(18)3)9-16-14-6-7-15(19-4)17-10-14/h6-8,10,16H,5,9H2,1-4H3. The van der Waals surface area contributed by atoms with Crippen LogP contribution < -0.4 is 10.1 Å². The Morgan fingerprint density at radius 2 is 2.11 bits per heavy atom. The number of hydrogen-bond acceptors (Lipinski definition) is 3. The molecule has 0 fully saturated rings. The van der Waals surface area contributed by atoms with Crippen molar-refractivity contribution in [2.75, 3.05) is 12.4 Å². The van der Waals surface area contributed by atoms with Gasteiger partial charge in [0, 0.05) is 30.5 Å². The van der Waals surface area contributed by atoms with E-state index in [1.807, 2.05) is 12.1 Å². The Kier molecular flexibility index (Phi) is 4.10. The summed E-state index contributed by atoms with van der Waals surface area (Å²) in [4.78, 5) is 4.18. The lowest BCUT2D eigenvalue weighted by atomic mass is 10.2. The van der Waals surface area contributed by atoms with Crippen molar-refractivity contribution in [2.24, 2.45) is 0 Å². The summed E-state index contributed by atoms with van der Waals surface area (Å²) in [6.07, 6.45) is 1.79. The largest absolute Gasteiger partial charge is 0.481 e. The van der Waals surface area contributed by atoms with Gasteiger partial charge in [0.25, 0.3) is 0 Å². The van der Waals surface area contributed by atoms with Crippen LogP contribution in [0.4, 0.5) is 5.69 Å². The molecule has 2 aromatic heterocycles. The van der Waals surface area contributed by atoms with E-state index in [9.17, 15) is 0 Å². The molecule has 102 valence electrons. The molecule has 2 aromatic rings. The second kappa shape index (κ2) is 5.78. The van der Waals surface area contributed by atoms with E-state index in [1.165, 1.54) is 17.0 Å². The molecule has 1 N–H and O–H groups in total. The molecule has 4 nitrogen and oxygen atoms in total. The average Bonchev–Trinajstić information content (AvgIpc) is 2.71. The van der Waals surface area contributed by atoms with E-state index in [4.69, 9.17) is 4.74 Å². The van der Waals surface area contributed by atoms with Crippen LogP contribution in [0, 0.1) is 13.8 Å². The van der Waals surface area contributed by atoms with E-state index in [2.05, 4.69) is 41.7 Å². The van der Waals surface area contributed by atoms with Crippen LogP contribution in [0.2, 0.25) is 0 Å². The number of ether oxygens (including phenoxy) is 1. The van der Waals surface area contributed by atoms with E-state index in [-0.39, 0.29) is 0 Å². The van der Waals surface area contributed by atoms with Crippen molar-refractivity contribution in [2.45, 2.75) is 33.9 Å². The zero-order chi connectivity index (χ0) is 13.8. The van der Waals surface area contributed by atoms with Gasteiger partial charge in [-0.25, -0.2) is 4.98 Å². The number of nitrogens with one attached hydrogen (secondary N) is 1. The van der Waals surface area contributed by atoms with Gasteiger partial charge >= 0.3 is 0 Å². The monoisotopic (exact) mass is 259 g/mol. The zero-order valence-electron chi connectivity index (χ0n) is 12.0. The molecule has 0 saturated carbocycles. The first-order chi connectivity index (χ1) is 9.15. The maximum absolute atomic E-state index is 5.04. The van der Waals surface area contributed by atoms with Crippen molar-refractivity contribution in [1.29, 1.82) is 0 Å². The van der Waals surface area contributed by atoms with E-state index in [1.54, 1.807) is 13.3 Å². The van der Waals surface area contributed by atoms with Crippen LogP contribution in [0.15, 0.2) is 24.4 Å². The third-order valence-corrected chi connectivity index (χ3v) is 3.42. The van der Waals surface area contributed by atoms with Gasteiger partial charge in [0.05, 0.1) is 19.0 Å². The zero-order valence-corrected chi connectivity index (χ0v) is 12.0. The van der Waals surface area contributed by atoms with E-state index >= 15 is 0 Å². The normalized spacial score (nSPS) is 10.5. The van der Waals surface area contributed by atoms with Crippen molar-refractivity contribution in [3.05, 3.63) is 41.3 Å². The Labute approximate surface area is 114 Å². The van der Waals surface area contributed by atoms with Crippen LogP contribution >= 0.6 is 0 Å². The number of rotatable bonds is 5. The highest BCUT2D eigenvalue weighted by Crippen LogP contribution is 2.17. The molecular formula is C15H21N3O. The lowest BCUT2D eigenvalue weighted by Gasteiger charge is -2.08. The highest BCUT2D eigenvalue weighted by molar-refractivity contribution is 5.43. The van der Waals surface area contributed by atoms with E-state index in [0.717, 1.165) is 18.8 Å². The van der Waals surface area contributed by atoms with Crippen molar-refractivity contribution < 1.29 is 4.74 Å². The highest BCUT2D eigenvalue weighted by atomic mass is 16.5. The Bertz CT molecular complexity index is 543. The molecular weight excluding hydrogens is 238 g/mol. The van der Waals surface area contributed by atoms with Gasteiger partial charge in [-0.1, -0.05) is 0 Å². The predicted molar refractivity (Wildman–Crippen MR) is 77.7 cm³/mol. The molecule has 0 saturated heterocycles. The van der Waals surface area contributed by atoms with Gasteiger partial charge < -0.3 is 14.6 Å². The Morgan fingerprint density at radius 3 is 2.63 bits per heavy atom. The summed E-state index contributed by atoms with van der Waals surface area (Å²) in [6, 6.07) is 6.07. The lowest BCUT2D eigenvalue weighted by Crippen LogP contribution is -2.03. The summed E-state index contributed by atoms with van der Waals surface area (Å²) in [7, 11) is 1.62. The van der Waals surface area contributed by atoms with Gasteiger partial charge in [-0.05, 0) is 38.5 Å². The molecule has 2 rings (SSSR count). The first kappa shape index (κ1) is 13.5. The molecule has 0 aliphatic heterocycles. The number of hydrogen-bond donors (Lipinski definition) is 1. The number of aryl methyl sites for hydroxylation is 1. The molecule has 4 heteroatoms. The minimum Gasteiger partial charge on any atom is -0.481 e. The summed E-state index contributed by atoms with van der Waals surface area (Å²) < 4.78 is 7.37. The number of anilines is 1. The Balaban J connectivity index is 2.05. The first-order valence-electron chi connectivity index (χ1n) is 6.55. The number of nitrogens with zero attached hydrogens (tertiary/aromatic N) is 2. The number of methoxy groups -OCH3 is 1. The summed E-state index contributed by atoms with van der Waals surface area (Å²) in [5.74, 6) is 0.634. The average molecular weight is 259 g/mol. The fourth-order valence-corrected chi connectivity index (χ4v) is 2.34. The van der Waals surface area contributed by atoms with Crippen molar-refractivity contribution in [3.8, 4) is 5.88 Å². The van der Waals surface area contributed by atoms with Crippen LogP contribution in [-0.4, -0.2) is 16.7 Å². The van der Waals surface area contributed by atoms with Gasteiger partial charge in [0.15, 0.2) is 0 Å². The van der Waals surface area contributed by atoms with Gasteiger partial charge in [0.1, 0.15) is 0 Å². The maximum atomic E-state index is 5.04. The van der Waals surface area contributed by atoms with Crippen LogP contribution in [0.5, 0.6) is 5.88 Å². The van der Waals surface area contributed by atoms with E-state index in [0.29, 0.717) is 5.88 Å². The Morgan fingerprint density at radius 1 is 1.32 bits per heavy atom. The molecule has 0 aromatic carbocycles. The number of aromatic nitrogens is 2. The fourth-order valence-electron chi connectivity index (χ4n) is 2.34. The van der Waals surface area contributed by atoms with Gasteiger partial charge in [-0.2, -0.15) is 0 Å². The number of pyridine rings is 1. The third-order valence-electron chi connectivity index (χ3n) is 3.42. The van der Waals surface area contributed by atoms with Crippen LogP contribution in [-0.2, 0) is 13.1 Å². The minimum atomic E-state index is 0.634. The quantitative estimate of drug-likeness (QED) is 0.896. The molecule has 0 bridgehead atoms. The predicted octanol–water partition coefficient (Wildman–Crippen LogP) is 3.14. The molecule has 19 heavy (non-hydrogen) atoms. The molecule has 0 atom stereocenters. The molecule has 0 unspecified atom stereocenters. The SMILES string of the molecule is CCn1c(C)cc(CNc2ccc(OC)nc2)c1C. The van der Waals surface area contributed by atoms with Gasteiger partial charge in [0.2, 0.25) is 5.88 Å². The van der Waals surface area contributed by atoms with Crippen molar-refractivity contribution in [1.82, 2.24) is 9.55 Å². The third kappa shape index (κ3) is 2.89. The molecule has 2 heterocycles. The minimum absolute atomic E-state index is 0.634. The smallest absolute Gasteiger partial charge is 0.213 e. The Hall–Kier alpha value is -1.97. The van der Waals surface area contributed by atoms with Gasteiger partial charge in [-0.3, -0.25) is 0 Å². The molecule has 0 amide bonds. The van der Waals surface area contributed by atoms with Gasteiger partial charge in [-0.15, -0.1) is 0 Å². The van der Waals surface area contributed by atoms with Crippen LogP contribution in [0.1, 0.15) is 23.9 Å². The van der Waals surface area contributed by atoms with Crippen molar-refractivity contribution in [3.63, 3.8) is 0 Å². The van der Waals surface area contributed by atoms with Crippen LogP contribution in [0.3, 0.4) is 0 Å².